The number of benzene rings is 1. The Hall–Kier alpha value is -1.83. The third-order valence-corrected chi connectivity index (χ3v) is 2.68. The average Bonchev–Trinajstić information content (AvgIpc) is 2.52. The molecule has 1 heterocycles. The molecule has 0 atom stereocenters. The van der Waals surface area contributed by atoms with Gasteiger partial charge in [0.2, 0.25) is 0 Å². The molecule has 16 heavy (non-hydrogen) atoms. The summed E-state index contributed by atoms with van der Waals surface area (Å²) < 4.78 is 5.38. The first-order valence-corrected chi connectivity index (χ1v) is 5.33. The lowest BCUT2D eigenvalue weighted by molar-refractivity contribution is 0.284. The lowest BCUT2D eigenvalue weighted by atomic mass is 10.1. The van der Waals surface area contributed by atoms with Gasteiger partial charge in [0, 0.05) is 12.6 Å². The summed E-state index contributed by atoms with van der Waals surface area (Å²) in [7, 11) is 1.71. The first-order chi connectivity index (χ1) is 7.81. The van der Waals surface area contributed by atoms with Crippen LogP contribution in [0.5, 0.6) is 0 Å². The van der Waals surface area contributed by atoms with Crippen LogP contribution in [0.15, 0.2) is 58.9 Å². The van der Waals surface area contributed by atoms with Crippen LogP contribution >= 0.6 is 0 Å². The van der Waals surface area contributed by atoms with Crippen molar-refractivity contribution in [3.8, 4) is 0 Å². The van der Waals surface area contributed by atoms with Crippen LogP contribution in [-0.4, -0.2) is 12.8 Å². The van der Waals surface area contributed by atoms with Crippen LogP contribution in [0.2, 0.25) is 0 Å². The van der Waals surface area contributed by atoms with E-state index in [0.717, 1.165) is 29.0 Å². The molecule has 1 aromatic carbocycles. The monoisotopic (exact) mass is 213 g/mol. The van der Waals surface area contributed by atoms with Crippen molar-refractivity contribution in [2.24, 2.45) is 4.99 Å². The van der Waals surface area contributed by atoms with E-state index in [2.05, 4.69) is 17.1 Å². The lowest BCUT2D eigenvalue weighted by Crippen LogP contribution is -2.03. The Labute approximate surface area is 96.0 Å². The van der Waals surface area contributed by atoms with Gasteiger partial charge in [0.25, 0.3) is 0 Å². The van der Waals surface area contributed by atoms with Crippen molar-refractivity contribution in [3.05, 3.63) is 59.5 Å². The fourth-order valence-corrected chi connectivity index (χ4v) is 1.71. The van der Waals surface area contributed by atoms with E-state index in [9.17, 15) is 0 Å². The average molecular weight is 213 g/mol. The highest BCUT2D eigenvalue weighted by atomic mass is 16.5. The number of hydrogen-bond acceptors (Lipinski definition) is 2. The molecule has 0 amide bonds. The summed E-state index contributed by atoms with van der Waals surface area (Å²) >= 11 is 0. The van der Waals surface area contributed by atoms with Gasteiger partial charge in [-0.05, 0) is 24.1 Å². The Bertz CT molecular complexity index is 455. The molecule has 1 aliphatic rings. The number of nitrogens with zero attached hydrogens (tertiary/aromatic N) is 1. The van der Waals surface area contributed by atoms with Crippen molar-refractivity contribution in [1.29, 1.82) is 0 Å². The predicted molar refractivity (Wildman–Crippen MR) is 66.4 cm³/mol. The van der Waals surface area contributed by atoms with E-state index in [-0.39, 0.29) is 0 Å². The Morgan fingerprint density at radius 1 is 1.19 bits per heavy atom. The number of rotatable bonds is 2. The molecule has 0 aromatic heterocycles. The van der Waals surface area contributed by atoms with Gasteiger partial charge in [-0.3, -0.25) is 4.99 Å². The van der Waals surface area contributed by atoms with E-state index < -0.39 is 0 Å². The fraction of sp³-hybridized carbons (Fsp3) is 0.214. The minimum Gasteiger partial charge on any atom is -0.500 e. The molecular formula is C14H15NO. The van der Waals surface area contributed by atoms with Crippen molar-refractivity contribution < 1.29 is 4.74 Å². The molecule has 0 radical (unpaired) electrons. The molecule has 0 N–H and O–H groups in total. The minimum atomic E-state index is 0.749. The second-order valence-electron chi connectivity index (χ2n) is 3.74. The van der Waals surface area contributed by atoms with E-state index in [4.69, 9.17) is 4.74 Å². The fourth-order valence-electron chi connectivity index (χ4n) is 1.71. The summed E-state index contributed by atoms with van der Waals surface area (Å²) in [6.45, 7) is 2.04. The molecular weight excluding hydrogens is 198 g/mol. The summed E-state index contributed by atoms with van der Waals surface area (Å²) in [6, 6.07) is 10.2. The predicted octanol–water partition coefficient (Wildman–Crippen LogP) is 3.31. The molecule has 82 valence electrons. The number of aliphatic imine (C=N–C) groups is 1. The number of allylic oxidation sites excluding steroid dienone is 3. The third kappa shape index (κ3) is 2.22. The molecule has 1 aromatic rings. The van der Waals surface area contributed by atoms with Crippen molar-refractivity contribution in [3.63, 3.8) is 0 Å². The second kappa shape index (κ2) is 4.79. The molecule has 2 nitrogen and oxygen atoms in total. The Kier molecular flexibility index (Phi) is 3.20. The van der Waals surface area contributed by atoms with Gasteiger partial charge in [-0.25, -0.2) is 0 Å². The third-order valence-electron chi connectivity index (χ3n) is 2.68. The summed E-state index contributed by atoms with van der Waals surface area (Å²) in [5, 5.41) is 0. The number of methoxy groups -OCH3 is 1. The van der Waals surface area contributed by atoms with Gasteiger partial charge in [0.05, 0.1) is 12.8 Å². The molecule has 0 fully saturated rings. The van der Waals surface area contributed by atoms with E-state index in [0.29, 0.717) is 0 Å². The van der Waals surface area contributed by atoms with E-state index in [1.54, 1.807) is 7.11 Å². The van der Waals surface area contributed by atoms with E-state index >= 15 is 0 Å². The van der Waals surface area contributed by atoms with Crippen molar-refractivity contribution >= 4 is 5.71 Å². The Morgan fingerprint density at radius 3 is 2.62 bits per heavy atom. The second-order valence-corrected chi connectivity index (χ2v) is 3.74. The standard InChI is InChI=1S/C14H15NO/c1-11-8-9-15-13(10-14(11)16-2)12-6-4-3-5-7-12/h3-9H,10H2,1-2H3. The molecule has 1 aliphatic heterocycles. The summed E-state index contributed by atoms with van der Waals surface area (Å²) in [5.41, 5.74) is 3.33. The molecule has 0 unspecified atom stereocenters. The lowest BCUT2D eigenvalue weighted by Gasteiger charge is -2.09. The highest BCUT2D eigenvalue weighted by Gasteiger charge is 2.10. The Balaban J connectivity index is 2.33. The van der Waals surface area contributed by atoms with Gasteiger partial charge < -0.3 is 4.74 Å². The number of ether oxygens (including phenoxy) is 1. The molecule has 0 bridgehead atoms. The summed E-state index contributed by atoms with van der Waals surface area (Å²) in [5.74, 6) is 0.983. The SMILES string of the molecule is COC1=C(C)C=CN=C(c2ccccc2)C1. The molecule has 0 saturated heterocycles. The smallest absolute Gasteiger partial charge is 0.104 e. The maximum atomic E-state index is 5.38. The van der Waals surface area contributed by atoms with Gasteiger partial charge in [-0.1, -0.05) is 30.3 Å². The maximum Gasteiger partial charge on any atom is 0.104 e. The first-order valence-electron chi connectivity index (χ1n) is 5.33. The molecule has 0 aliphatic carbocycles. The highest BCUT2D eigenvalue weighted by Crippen LogP contribution is 2.18. The van der Waals surface area contributed by atoms with Crippen molar-refractivity contribution in [1.82, 2.24) is 0 Å². The molecule has 2 rings (SSSR count). The van der Waals surface area contributed by atoms with E-state index in [1.807, 2.05) is 37.4 Å². The van der Waals surface area contributed by atoms with E-state index in [1.165, 1.54) is 0 Å². The van der Waals surface area contributed by atoms with Crippen LogP contribution in [0.1, 0.15) is 18.9 Å². The van der Waals surface area contributed by atoms with Crippen molar-refractivity contribution in [2.75, 3.05) is 7.11 Å². The van der Waals surface area contributed by atoms with Gasteiger partial charge in [0.1, 0.15) is 5.76 Å². The molecule has 0 spiro atoms. The maximum absolute atomic E-state index is 5.38. The van der Waals surface area contributed by atoms with Crippen LogP contribution in [0.25, 0.3) is 0 Å². The van der Waals surface area contributed by atoms with Crippen LogP contribution < -0.4 is 0 Å². The van der Waals surface area contributed by atoms with Gasteiger partial charge >= 0.3 is 0 Å². The zero-order valence-corrected chi connectivity index (χ0v) is 9.60. The van der Waals surface area contributed by atoms with Gasteiger partial charge in [-0.2, -0.15) is 0 Å². The van der Waals surface area contributed by atoms with Crippen LogP contribution in [0, 0.1) is 0 Å². The normalized spacial score (nSPS) is 15.8. The largest absolute Gasteiger partial charge is 0.500 e. The number of hydrogen-bond donors (Lipinski definition) is 0. The zero-order chi connectivity index (χ0) is 11.4. The highest BCUT2D eigenvalue weighted by molar-refractivity contribution is 6.02. The Morgan fingerprint density at radius 2 is 1.94 bits per heavy atom. The molecule has 0 saturated carbocycles. The van der Waals surface area contributed by atoms with Gasteiger partial charge in [-0.15, -0.1) is 0 Å². The van der Waals surface area contributed by atoms with Crippen LogP contribution in [0.3, 0.4) is 0 Å². The molecule has 2 heteroatoms. The minimum absolute atomic E-state index is 0.749. The quantitative estimate of drug-likeness (QED) is 0.738. The van der Waals surface area contributed by atoms with Crippen LogP contribution in [-0.2, 0) is 4.74 Å². The zero-order valence-electron chi connectivity index (χ0n) is 9.60. The van der Waals surface area contributed by atoms with Gasteiger partial charge in [0.15, 0.2) is 0 Å². The van der Waals surface area contributed by atoms with Crippen LogP contribution in [0.4, 0.5) is 0 Å². The summed E-state index contributed by atoms with van der Waals surface area (Å²) in [4.78, 5) is 4.46. The van der Waals surface area contributed by atoms with Crippen molar-refractivity contribution in [2.45, 2.75) is 13.3 Å². The summed E-state index contributed by atoms with van der Waals surface area (Å²) in [6.07, 6.45) is 4.57. The topological polar surface area (TPSA) is 21.6 Å². The first kappa shape index (κ1) is 10.7.